The summed E-state index contributed by atoms with van der Waals surface area (Å²) in [4.78, 5) is 3.34. The molecule has 2 heteroatoms. The number of rotatable bonds is 2. The Hall–Kier alpha value is -0.920. The maximum atomic E-state index is 6.41. The lowest BCUT2D eigenvalue weighted by Gasteiger charge is -1.60. The largest absolute Gasteiger partial charge is 0.309 e. The molecule has 46 valence electrons. The third kappa shape index (κ3) is 19.5. The zero-order valence-electron chi connectivity index (χ0n) is 5.39. The van der Waals surface area contributed by atoms with Crippen LogP contribution < -0.4 is 0 Å². The molecule has 0 aromatic carbocycles. The Labute approximate surface area is 50.5 Å². The molecule has 1 N–H and O–H groups in total. The van der Waals surface area contributed by atoms with Crippen LogP contribution in [0.25, 0.3) is 0 Å². The SMILES string of the molecule is C=N/C=C\C=N.CC. The molecular weight excluding hydrogens is 100 g/mol. The number of nitrogens with one attached hydrogen (secondary N) is 1. The van der Waals surface area contributed by atoms with Gasteiger partial charge in [0.15, 0.2) is 0 Å². The van der Waals surface area contributed by atoms with Crippen LogP contribution in [-0.2, 0) is 0 Å². The summed E-state index contributed by atoms with van der Waals surface area (Å²) in [6, 6.07) is 0. The van der Waals surface area contributed by atoms with Crippen molar-refractivity contribution in [1.82, 2.24) is 0 Å². The molecule has 0 unspecified atom stereocenters. The highest BCUT2D eigenvalue weighted by atomic mass is 14.6. The molecule has 0 amide bonds. The van der Waals surface area contributed by atoms with Crippen LogP contribution in [-0.4, -0.2) is 12.9 Å². The molecule has 0 saturated heterocycles. The van der Waals surface area contributed by atoms with E-state index in [1.807, 2.05) is 13.8 Å². The molecule has 0 bridgehead atoms. The second kappa shape index (κ2) is 16.5. The summed E-state index contributed by atoms with van der Waals surface area (Å²) in [7, 11) is 0. The maximum absolute atomic E-state index is 6.41. The Morgan fingerprint density at radius 3 is 2.12 bits per heavy atom. The normalized spacial score (nSPS) is 7.25. The fourth-order valence-electron chi connectivity index (χ4n) is 0.104. The number of hydrogen-bond donors (Lipinski definition) is 1. The molecule has 0 radical (unpaired) electrons. The minimum Gasteiger partial charge on any atom is -0.309 e. The van der Waals surface area contributed by atoms with Gasteiger partial charge in [-0.25, -0.2) is 0 Å². The van der Waals surface area contributed by atoms with E-state index in [-0.39, 0.29) is 0 Å². The van der Waals surface area contributed by atoms with E-state index in [1.165, 1.54) is 12.3 Å². The van der Waals surface area contributed by atoms with Crippen molar-refractivity contribution >= 4 is 12.9 Å². The number of aliphatic imine (C=N–C) groups is 1. The fraction of sp³-hybridized carbons (Fsp3) is 0.333. The monoisotopic (exact) mass is 112 g/mol. The second-order valence-electron chi connectivity index (χ2n) is 0.691. The second-order valence-corrected chi connectivity index (χ2v) is 0.691. The van der Waals surface area contributed by atoms with Crippen LogP contribution >= 0.6 is 0 Å². The molecule has 0 atom stereocenters. The first kappa shape index (κ1) is 10.1. The molecule has 0 aliphatic rings. The highest BCUT2D eigenvalue weighted by Crippen LogP contribution is 1.62. The van der Waals surface area contributed by atoms with Crippen molar-refractivity contribution in [2.24, 2.45) is 4.99 Å². The van der Waals surface area contributed by atoms with Crippen molar-refractivity contribution in [3.8, 4) is 0 Å². The Balaban J connectivity index is 0. The Kier molecular flexibility index (Phi) is 21.0. The van der Waals surface area contributed by atoms with Crippen molar-refractivity contribution in [3.63, 3.8) is 0 Å². The minimum absolute atomic E-state index is 1.15. The van der Waals surface area contributed by atoms with E-state index in [0.29, 0.717) is 0 Å². The van der Waals surface area contributed by atoms with Crippen molar-refractivity contribution in [1.29, 1.82) is 5.41 Å². The van der Waals surface area contributed by atoms with E-state index in [1.54, 1.807) is 0 Å². The fourth-order valence-corrected chi connectivity index (χ4v) is 0.104. The van der Waals surface area contributed by atoms with Gasteiger partial charge in [0.1, 0.15) is 0 Å². The van der Waals surface area contributed by atoms with Crippen molar-refractivity contribution in [2.45, 2.75) is 13.8 Å². The molecular formula is C6H12N2. The predicted octanol–water partition coefficient (Wildman–Crippen LogP) is 1.88. The summed E-state index contributed by atoms with van der Waals surface area (Å²) < 4.78 is 0. The molecule has 2 nitrogen and oxygen atoms in total. The summed E-state index contributed by atoms with van der Waals surface area (Å²) in [5.41, 5.74) is 0. The summed E-state index contributed by atoms with van der Waals surface area (Å²) >= 11 is 0. The molecule has 8 heavy (non-hydrogen) atoms. The molecule has 0 spiro atoms. The van der Waals surface area contributed by atoms with Gasteiger partial charge in [-0.1, -0.05) is 13.8 Å². The molecule has 0 aliphatic carbocycles. The number of nitrogens with zero attached hydrogens (tertiary/aromatic N) is 1. The van der Waals surface area contributed by atoms with E-state index >= 15 is 0 Å². The molecule has 0 aliphatic heterocycles. The van der Waals surface area contributed by atoms with Gasteiger partial charge < -0.3 is 5.41 Å². The van der Waals surface area contributed by atoms with Crippen LogP contribution in [0.15, 0.2) is 17.3 Å². The lowest BCUT2D eigenvalue weighted by Crippen LogP contribution is -1.51. The number of hydrogen-bond acceptors (Lipinski definition) is 2. The molecule has 0 aromatic rings. The summed E-state index contributed by atoms with van der Waals surface area (Å²) in [5, 5.41) is 6.41. The van der Waals surface area contributed by atoms with E-state index in [0.717, 1.165) is 6.21 Å². The zero-order chi connectivity index (χ0) is 6.83. The van der Waals surface area contributed by atoms with Gasteiger partial charge in [-0.05, 0) is 12.8 Å². The van der Waals surface area contributed by atoms with Crippen LogP contribution in [0.1, 0.15) is 13.8 Å². The van der Waals surface area contributed by atoms with Crippen LogP contribution in [0.5, 0.6) is 0 Å². The molecule has 0 saturated carbocycles. The topological polar surface area (TPSA) is 36.2 Å². The Morgan fingerprint density at radius 1 is 1.50 bits per heavy atom. The van der Waals surface area contributed by atoms with Crippen molar-refractivity contribution in [3.05, 3.63) is 12.3 Å². The van der Waals surface area contributed by atoms with E-state index in [9.17, 15) is 0 Å². The Morgan fingerprint density at radius 2 is 2.00 bits per heavy atom. The quantitative estimate of drug-likeness (QED) is 0.529. The minimum atomic E-state index is 1.15. The first-order valence-electron chi connectivity index (χ1n) is 2.53. The molecule has 0 aromatic heterocycles. The van der Waals surface area contributed by atoms with Gasteiger partial charge in [0.25, 0.3) is 0 Å². The third-order valence-electron chi connectivity index (χ3n) is 0.288. The van der Waals surface area contributed by atoms with E-state index in [2.05, 4.69) is 11.7 Å². The molecule has 0 rings (SSSR count). The van der Waals surface area contributed by atoms with Gasteiger partial charge in [0, 0.05) is 12.4 Å². The average molecular weight is 112 g/mol. The van der Waals surface area contributed by atoms with Crippen molar-refractivity contribution in [2.75, 3.05) is 0 Å². The first-order chi connectivity index (χ1) is 3.91. The van der Waals surface area contributed by atoms with Gasteiger partial charge in [-0.3, -0.25) is 4.99 Å². The van der Waals surface area contributed by atoms with Crippen LogP contribution in [0.4, 0.5) is 0 Å². The lowest BCUT2D eigenvalue weighted by molar-refractivity contribution is 1.50. The van der Waals surface area contributed by atoms with Crippen LogP contribution in [0, 0.1) is 5.41 Å². The Bertz CT molecular complexity index is 64.6. The smallest absolute Gasteiger partial charge is 0.0275 e. The van der Waals surface area contributed by atoms with E-state index < -0.39 is 0 Å². The van der Waals surface area contributed by atoms with Gasteiger partial charge >= 0.3 is 0 Å². The van der Waals surface area contributed by atoms with Crippen LogP contribution in [0.2, 0.25) is 0 Å². The first-order valence-corrected chi connectivity index (χ1v) is 2.53. The summed E-state index contributed by atoms with van der Waals surface area (Å²) in [6.45, 7) is 7.16. The maximum Gasteiger partial charge on any atom is 0.0275 e. The van der Waals surface area contributed by atoms with Crippen molar-refractivity contribution < 1.29 is 0 Å². The van der Waals surface area contributed by atoms with Gasteiger partial charge in [-0.15, -0.1) is 0 Å². The van der Waals surface area contributed by atoms with Gasteiger partial charge in [0.05, 0.1) is 0 Å². The zero-order valence-corrected chi connectivity index (χ0v) is 5.39. The van der Waals surface area contributed by atoms with E-state index in [4.69, 9.17) is 5.41 Å². The van der Waals surface area contributed by atoms with Gasteiger partial charge in [0.2, 0.25) is 0 Å². The highest BCUT2D eigenvalue weighted by Gasteiger charge is 1.49. The average Bonchev–Trinajstić information content (AvgIpc) is 1.88. The molecule has 0 heterocycles. The van der Waals surface area contributed by atoms with Gasteiger partial charge in [-0.2, -0.15) is 0 Å². The number of allylic oxidation sites excluding steroid dienone is 1. The highest BCUT2D eigenvalue weighted by molar-refractivity contribution is 5.67. The van der Waals surface area contributed by atoms with Crippen LogP contribution in [0.3, 0.4) is 0 Å². The summed E-state index contributed by atoms with van der Waals surface area (Å²) in [6.07, 6.45) is 4.09. The third-order valence-corrected chi connectivity index (χ3v) is 0.288. The standard InChI is InChI=1S/C4H6N2.C2H6/c1-6-4-2-3-5;1-2/h2-5H,1H2;1-2H3/b4-2-,5-3?;. The molecule has 0 fully saturated rings. The predicted molar refractivity (Wildman–Crippen MR) is 38.8 cm³/mol. The lowest BCUT2D eigenvalue weighted by atomic mass is 10.7. The summed E-state index contributed by atoms with van der Waals surface area (Å²) in [5.74, 6) is 0.